The molecular weight excluding hydrogens is 248 g/mol. The maximum atomic E-state index is 11.8. The maximum Gasteiger partial charge on any atom is 0.234 e. The first-order valence-electron chi connectivity index (χ1n) is 7.28. The van der Waals surface area contributed by atoms with Gasteiger partial charge in [0.05, 0.1) is 6.54 Å². The minimum Gasteiger partial charge on any atom is -0.350 e. The monoisotopic (exact) mass is 276 g/mol. The average Bonchev–Trinajstić information content (AvgIpc) is 2.34. The van der Waals surface area contributed by atoms with Gasteiger partial charge >= 0.3 is 0 Å². The lowest BCUT2D eigenvalue weighted by atomic mass is 9.95. The number of aryl methyl sites for hydroxylation is 1. The lowest BCUT2D eigenvalue weighted by molar-refractivity contribution is -0.121. The largest absolute Gasteiger partial charge is 0.350 e. The molecule has 0 atom stereocenters. The van der Waals surface area contributed by atoms with E-state index in [1.54, 1.807) is 0 Å². The second kappa shape index (κ2) is 6.89. The van der Waals surface area contributed by atoms with Crippen LogP contribution in [0.3, 0.4) is 0 Å². The molecule has 0 aliphatic rings. The Morgan fingerprint density at radius 2 is 1.65 bits per heavy atom. The summed E-state index contributed by atoms with van der Waals surface area (Å²) in [6, 6.07) is 10.4. The first-order valence-corrected chi connectivity index (χ1v) is 7.28. The van der Waals surface area contributed by atoms with Crippen molar-refractivity contribution in [3.8, 4) is 0 Å². The van der Waals surface area contributed by atoms with Crippen LogP contribution in [-0.4, -0.2) is 23.5 Å². The number of carbonyl (C=O) groups excluding carboxylic acids is 1. The van der Waals surface area contributed by atoms with Crippen LogP contribution in [0.25, 0.3) is 0 Å². The van der Waals surface area contributed by atoms with E-state index in [0.717, 1.165) is 12.8 Å². The van der Waals surface area contributed by atoms with Crippen LogP contribution >= 0.6 is 0 Å². The van der Waals surface area contributed by atoms with Crippen LogP contribution in [0.2, 0.25) is 0 Å². The molecule has 1 aromatic carbocycles. The highest BCUT2D eigenvalue weighted by Gasteiger charge is 2.20. The van der Waals surface area contributed by atoms with Gasteiger partial charge in [0.25, 0.3) is 0 Å². The van der Waals surface area contributed by atoms with Crippen molar-refractivity contribution in [2.24, 2.45) is 0 Å². The number of rotatable bonds is 6. The number of hydrogen-bond acceptors (Lipinski definition) is 2. The van der Waals surface area contributed by atoms with Crippen LogP contribution in [0.5, 0.6) is 0 Å². The molecule has 3 heteroatoms. The van der Waals surface area contributed by atoms with Gasteiger partial charge < -0.3 is 10.6 Å². The predicted molar refractivity (Wildman–Crippen MR) is 84.7 cm³/mol. The Bertz CT molecular complexity index is 418. The lowest BCUT2D eigenvalue weighted by Crippen LogP contribution is -2.49. The first kappa shape index (κ1) is 16.7. The van der Waals surface area contributed by atoms with E-state index in [9.17, 15) is 4.79 Å². The molecular formula is C17H28N2O. The third kappa shape index (κ3) is 7.29. The molecule has 0 saturated heterocycles. The van der Waals surface area contributed by atoms with Crippen LogP contribution in [0.4, 0.5) is 0 Å². The molecule has 1 aromatic rings. The van der Waals surface area contributed by atoms with E-state index in [0.29, 0.717) is 6.54 Å². The van der Waals surface area contributed by atoms with Gasteiger partial charge in [-0.2, -0.15) is 0 Å². The van der Waals surface area contributed by atoms with E-state index in [2.05, 4.69) is 48.7 Å². The summed E-state index contributed by atoms with van der Waals surface area (Å²) in [5, 5.41) is 6.30. The fourth-order valence-electron chi connectivity index (χ4n) is 1.97. The third-order valence-electron chi connectivity index (χ3n) is 3.12. The smallest absolute Gasteiger partial charge is 0.234 e. The zero-order valence-corrected chi connectivity index (χ0v) is 13.4. The molecule has 3 nitrogen and oxygen atoms in total. The molecule has 0 radical (unpaired) electrons. The van der Waals surface area contributed by atoms with Gasteiger partial charge in [0.1, 0.15) is 0 Å². The van der Waals surface area contributed by atoms with Crippen molar-refractivity contribution < 1.29 is 4.79 Å². The molecule has 0 spiro atoms. The highest BCUT2D eigenvalue weighted by Crippen LogP contribution is 2.13. The van der Waals surface area contributed by atoms with Crippen molar-refractivity contribution >= 4 is 5.91 Å². The van der Waals surface area contributed by atoms with E-state index >= 15 is 0 Å². The van der Waals surface area contributed by atoms with Crippen molar-refractivity contribution in [2.75, 3.05) is 6.54 Å². The summed E-state index contributed by atoms with van der Waals surface area (Å²) in [5.41, 5.74) is 1.11. The van der Waals surface area contributed by atoms with Crippen molar-refractivity contribution in [1.29, 1.82) is 0 Å². The molecule has 0 saturated carbocycles. The fourth-order valence-corrected chi connectivity index (χ4v) is 1.97. The van der Waals surface area contributed by atoms with Crippen molar-refractivity contribution in [3.63, 3.8) is 0 Å². The number of nitrogens with one attached hydrogen (secondary N) is 2. The van der Waals surface area contributed by atoms with E-state index in [1.807, 2.05) is 26.8 Å². The molecule has 0 heterocycles. The molecule has 112 valence electrons. The molecule has 0 fully saturated rings. The molecule has 1 rings (SSSR count). The average molecular weight is 276 g/mol. The highest BCUT2D eigenvalue weighted by atomic mass is 16.2. The van der Waals surface area contributed by atoms with Crippen molar-refractivity contribution in [2.45, 2.75) is 58.5 Å². The summed E-state index contributed by atoms with van der Waals surface area (Å²) >= 11 is 0. The second-order valence-electron chi connectivity index (χ2n) is 7.02. The lowest BCUT2D eigenvalue weighted by Gasteiger charge is -2.28. The van der Waals surface area contributed by atoms with Crippen LogP contribution in [-0.2, 0) is 11.2 Å². The Morgan fingerprint density at radius 1 is 1.05 bits per heavy atom. The highest BCUT2D eigenvalue weighted by molar-refractivity contribution is 5.78. The van der Waals surface area contributed by atoms with Gasteiger partial charge in [-0.3, -0.25) is 4.79 Å². The molecule has 0 bridgehead atoms. The number of carbonyl (C=O) groups is 1. The Hall–Kier alpha value is -1.35. The molecule has 20 heavy (non-hydrogen) atoms. The minimum atomic E-state index is -0.174. The van der Waals surface area contributed by atoms with Crippen LogP contribution in [0.1, 0.15) is 46.6 Å². The van der Waals surface area contributed by atoms with Gasteiger partial charge in [-0.1, -0.05) is 30.3 Å². The maximum absolute atomic E-state index is 11.8. The van der Waals surface area contributed by atoms with E-state index in [4.69, 9.17) is 0 Å². The first-order chi connectivity index (χ1) is 9.18. The number of hydrogen-bond donors (Lipinski definition) is 2. The quantitative estimate of drug-likeness (QED) is 0.839. The van der Waals surface area contributed by atoms with E-state index in [-0.39, 0.29) is 17.0 Å². The topological polar surface area (TPSA) is 41.1 Å². The normalized spacial score (nSPS) is 12.2. The Balaban J connectivity index is 2.36. The second-order valence-corrected chi connectivity index (χ2v) is 7.02. The molecule has 0 aliphatic carbocycles. The zero-order valence-electron chi connectivity index (χ0n) is 13.4. The summed E-state index contributed by atoms with van der Waals surface area (Å²) in [6.07, 6.45) is 2.02. The minimum absolute atomic E-state index is 0.0466. The van der Waals surface area contributed by atoms with E-state index < -0.39 is 0 Å². The molecule has 2 N–H and O–H groups in total. The van der Waals surface area contributed by atoms with Crippen LogP contribution < -0.4 is 10.6 Å². The molecule has 1 amide bonds. The molecule has 0 aliphatic heterocycles. The standard InChI is InChI=1S/C17H28N2O/c1-16(2,3)19-15(20)13-18-17(4,5)12-11-14-9-7-6-8-10-14/h6-10,18H,11-13H2,1-5H3,(H,19,20). The van der Waals surface area contributed by atoms with Crippen molar-refractivity contribution in [1.82, 2.24) is 10.6 Å². The van der Waals surface area contributed by atoms with Gasteiger partial charge in [-0.15, -0.1) is 0 Å². The summed E-state index contributed by atoms with van der Waals surface area (Å²) in [6.45, 7) is 10.6. The van der Waals surface area contributed by atoms with Gasteiger partial charge in [-0.05, 0) is 53.0 Å². The summed E-state index contributed by atoms with van der Waals surface area (Å²) in [4.78, 5) is 11.8. The van der Waals surface area contributed by atoms with Gasteiger partial charge in [-0.25, -0.2) is 0 Å². The zero-order chi connectivity index (χ0) is 15.2. The van der Waals surface area contributed by atoms with Gasteiger partial charge in [0.15, 0.2) is 0 Å². The summed E-state index contributed by atoms with van der Waals surface area (Å²) in [7, 11) is 0. The fraction of sp³-hybridized carbons (Fsp3) is 0.588. The number of amides is 1. The number of benzene rings is 1. The Labute approximate surface area is 123 Å². The molecule has 0 aromatic heterocycles. The summed E-state index contributed by atoms with van der Waals surface area (Å²) in [5.74, 6) is 0.0466. The van der Waals surface area contributed by atoms with E-state index in [1.165, 1.54) is 5.56 Å². The third-order valence-corrected chi connectivity index (χ3v) is 3.12. The molecule has 0 unspecified atom stereocenters. The van der Waals surface area contributed by atoms with Crippen LogP contribution in [0.15, 0.2) is 30.3 Å². The SMILES string of the molecule is CC(C)(C)NC(=O)CNC(C)(C)CCc1ccccc1. The summed E-state index contributed by atoms with van der Waals surface area (Å²) < 4.78 is 0. The van der Waals surface area contributed by atoms with Crippen LogP contribution in [0, 0.1) is 0 Å². The predicted octanol–water partition coefficient (Wildman–Crippen LogP) is 2.90. The van der Waals surface area contributed by atoms with Gasteiger partial charge in [0, 0.05) is 11.1 Å². The van der Waals surface area contributed by atoms with Crippen molar-refractivity contribution in [3.05, 3.63) is 35.9 Å². The Morgan fingerprint density at radius 3 is 2.20 bits per heavy atom. The van der Waals surface area contributed by atoms with Gasteiger partial charge in [0.2, 0.25) is 5.91 Å². The Kier molecular flexibility index (Phi) is 5.75.